The molecule has 158 valence electrons. The topological polar surface area (TPSA) is 78.5 Å². The van der Waals surface area contributed by atoms with E-state index in [9.17, 15) is 14.4 Å². The molecule has 2 aromatic carbocycles. The summed E-state index contributed by atoms with van der Waals surface area (Å²) in [5.41, 5.74) is 6.09. The number of amides is 3. The van der Waals surface area contributed by atoms with E-state index in [1.54, 1.807) is 4.90 Å². The van der Waals surface area contributed by atoms with Gasteiger partial charge in [0.2, 0.25) is 17.7 Å². The Morgan fingerprint density at radius 1 is 1.00 bits per heavy atom. The average molecular weight is 408 g/mol. The molecule has 6 nitrogen and oxygen atoms in total. The number of carbonyl (C=O) groups excluding carboxylic acids is 3. The molecule has 1 fully saturated rings. The summed E-state index contributed by atoms with van der Waals surface area (Å²) in [6.45, 7) is 8.67. The Labute approximate surface area is 177 Å². The Morgan fingerprint density at radius 2 is 1.63 bits per heavy atom. The average Bonchev–Trinajstić information content (AvgIpc) is 3.05. The van der Waals surface area contributed by atoms with Crippen LogP contribution >= 0.6 is 0 Å². The smallest absolute Gasteiger partial charge is 0.243 e. The second-order valence-electron chi connectivity index (χ2n) is 8.20. The maximum atomic E-state index is 12.5. The second-order valence-corrected chi connectivity index (χ2v) is 8.20. The van der Waals surface area contributed by atoms with Crippen LogP contribution in [0.1, 0.15) is 34.2 Å². The molecule has 2 aromatic rings. The van der Waals surface area contributed by atoms with E-state index >= 15 is 0 Å². The van der Waals surface area contributed by atoms with Crippen LogP contribution in [0.5, 0.6) is 0 Å². The van der Waals surface area contributed by atoms with E-state index in [-0.39, 0.29) is 30.7 Å². The van der Waals surface area contributed by atoms with E-state index in [0.29, 0.717) is 13.1 Å². The summed E-state index contributed by atoms with van der Waals surface area (Å²) in [4.78, 5) is 38.8. The first kappa shape index (κ1) is 21.6. The summed E-state index contributed by atoms with van der Waals surface area (Å²) >= 11 is 0. The lowest BCUT2D eigenvalue weighted by molar-refractivity contribution is -0.129. The molecule has 3 rings (SSSR count). The summed E-state index contributed by atoms with van der Waals surface area (Å²) < 4.78 is 0. The molecule has 0 bridgehead atoms. The van der Waals surface area contributed by atoms with Crippen molar-refractivity contribution in [2.45, 2.75) is 40.7 Å². The van der Waals surface area contributed by atoms with Crippen molar-refractivity contribution in [3.8, 4) is 0 Å². The van der Waals surface area contributed by atoms with Gasteiger partial charge in [-0.25, -0.2) is 0 Å². The molecule has 0 spiro atoms. The van der Waals surface area contributed by atoms with Crippen LogP contribution in [0.25, 0.3) is 0 Å². The summed E-state index contributed by atoms with van der Waals surface area (Å²) in [5, 5.41) is 5.55. The van der Waals surface area contributed by atoms with E-state index in [1.807, 2.05) is 64.1 Å². The largest absolute Gasteiger partial charge is 0.347 e. The number of carbonyl (C=O) groups is 3. The van der Waals surface area contributed by atoms with Crippen molar-refractivity contribution in [2.75, 3.05) is 18.4 Å². The Kier molecular flexibility index (Phi) is 6.55. The van der Waals surface area contributed by atoms with Crippen molar-refractivity contribution >= 4 is 23.4 Å². The zero-order valence-electron chi connectivity index (χ0n) is 18.0. The van der Waals surface area contributed by atoms with Gasteiger partial charge in [0.05, 0.1) is 12.5 Å². The number of rotatable bonds is 6. The Morgan fingerprint density at radius 3 is 2.27 bits per heavy atom. The van der Waals surface area contributed by atoms with Crippen LogP contribution in [0.3, 0.4) is 0 Å². The first-order valence-corrected chi connectivity index (χ1v) is 10.2. The van der Waals surface area contributed by atoms with Crippen molar-refractivity contribution in [1.82, 2.24) is 10.2 Å². The number of hydrogen-bond donors (Lipinski definition) is 2. The maximum Gasteiger partial charge on any atom is 0.243 e. The number of likely N-dealkylation sites (tertiary alicyclic amines) is 1. The van der Waals surface area contributed by atoms with E-state index in [0.717, 1.165) is 33.5 Å². The van der Waals surface area contributed by atoms with E-state index in [1.165, 1.54) is 0 Å². The quantitative estimate of drug-likeness (QED) is 0.773. The summed E-state index contributed by atoms with van der Waals surface area (Å²) in [5.74, 6) is -1.01. The SMILES string of the molecule is Cc1ccc(CN2C[C@H](C(=O)NCC(=O)Nc3c(C)cc(C)cc3C)CC2=O)cc1. The van der Waals surface area contributed by atoms with E-state index in [4.69, 9.17) is 0 Å². The fraction of sp³-hybridized carbons (Fsp3) is 0.375. The fourth-order valence-electron chi connectivity index (χ4n) is 3.89. The lowest BCUT2D eigenvalue weighted by Gasteiger charge is -2.17. The predicted octanol–water partition coefficient (Wildman–Crippen LogP) is 3.02. The molecular formula is C24H29N3O3. The minimum absolute atomic E-state index is 0.0360. The number of nitrogens with one attached hydrogen (secondary N) is 2. The molecular weight excluding hydrogens is 378 g/mol. The highest BCUT2D eigenvalue weighted by molar-refractivity contribution is 5.97. The molecule has 1 atom stereocenters. The van der Waals surface area contributed by atoms with Crippen molar-refractivity contribution in [1.29, 1.82) is 0 Å². The molecule has 0 saturated carbocycles. The van der Waals surface area contributed by atoms with Gasteiger partial charge in [0, 0.05) is 25.2 Å². The third kappa shape index (κ3) is 5.26. The Hall–Kier alpha value is -3.15. The summed E-state index contributed by atoms with van der Waals surface area (Å²) in [7, 11) is 0. The van der Waals surface area contributed by atoms with Gasteiger partial charge < -0.3 is 15.5 Å². The van der Waals surface area contributed by atoms with Crippen LogP contribution in [0.4, 0.5) is 5.69 Å². The van der Waals surface area contributed by atoms with Crippen LogP contribution < -0.4 is 10.6 Å². The van der Waals surface area contributed by atoms with Crippen molar-refractivity contribution in [3.63, 3.8) is 0 Å². The molecule has 0 aliphatic carbocycles. The standard InChI is InChI=1S/C24H29N3O3/c1-15-5-7-19(8-6-15)13-27-14-20(11-22(27)29)24(30)25-12-21(28)26-23-17(3)9-16(2)10-18(23)4/h5-10,20H,11-14H2,1-4H3,(H,25,30)(H,26,28)/t20-/m1/s1. The van der Waals surface area contributed by atoms with Crippen LogP contribution in [0.15, 0.2) is 36.4 Å². The zero-order valence-corrected chi connectivity index (χ0v) is 18.0. The molecule has 0 radical (unpaired) electrons. The van der Waals surface area contributed by atoms with Gasteiger partial charge in [-0.2, -0.15) is 0 Å². The minimum Gasteiger partial charge on any atom is -0.347 e. The highest BCUT2D eigenvalue weighted by Gasteiger charge is 2.34. The third-order valence-corrected chi connectivity index (χ3v) is 5.44. The maximum absolute atomic E-state index is 12.5. The predicted molar refractivity (Wildman–Crippen MR) is 117 cm³/mol. The summed E-state index contributed by atoms with van der Waals surface area (Å²) in [6, 6.07) is 12.0. The van der Waals surface area contributed by atoms with E-state index < -0.39 is 5.92 Å². The van der Waals surface area contributed by atoms with E-state index in [2.05, 4.69) is 10.6 Å². The lowest BCUT2D eigenvalue weighted by atomic mass is 10.1. The first-order chi connectivity index (χ1) is 14.2. The zero-order chi connectivity index (χ0) is 21.8. The number of nitrogens with zero attached hydrogens (tertiary/aromatic N) is 1. The number of anilines is 1. The van der Waals surface area contributed by atoms with Crippen molar-refractivity contribution in [2.24, 2.45) is 5.92 Å². The highest BCUT2D eigenvalue weighted by atomic mass is 16.2. The monoisotopic (exact) mass is 407 g/mol. The molecule has 1 aliphatic heterocycles. The van der Waals surface area contributed by atoms with Gasteiger partial charge in [0.1, 0.15) is 0 Å². The third-order valence-electron chi connectivity index (χ3n) is 5.44. The second kappa shape index (κ2) is 9.11. The van der Waals surface area contributed by atoms with Gasteiger partial charge in [-0.15, -0.1) is 0 Å². The van der Waals surface area contributed by atoms with Crippen LogP contribution in [-0.2, 0) is 20.9 Å². The molecule has 1 aliphatic rings. The van der Waals surface area contributed by atoms with Crippen LogP contribution in [0, 0.1) is 33.6 Å². The molecule has 1 heterocycles. The van der Waals surface area contributed by atoms with Gasteiger partial charge in [-0.1, -0.05) is 47.5 Å². The molecule has 1 saturated heterocycles. The van der Waals surface area contributed by atoms with Crippen molar-refractivity contribution in [3.05, 3.63) is 64.2 Å². The first-order valence-electron chi connectivity index (χ1n) is 10.2. The molecule has 0 unspecified atom stereocenters. The molecule has 2 N–H and O–H groups in total. The number of hydrogen-bond acceptors (Lipinski definition) is 3. The number of benzene rings is 2. The van der Waals surface area contributed by atoms with Gasteiger partial charge in [-0.3, -0.25) is 14.4 Å². The Balaban J connectivity index is 1.51. The molecule has 0 aromatic heterocycles. The van der Waals surface area contributed by atoms with Gasteiger partial charge in [0.15, 0.2) is 0 Å². The molecule has 6 heteroatoms. The number of aryl methyl sites for hydroxylation is 4. The van der Waals surface area contributed by atoms with Crippen LogP contribution in [-0.4, -0.2) is 35.7 Å². The molecule has 3 amide bonds. The highest BCUT2D eigenvalue weighted by Crippen LogP contribution is 2.22. The van der Waals surface area contributed by atoms with Gasteiger partial charge >= 0.3 is 0 Å². The normalized spacial score (nSPS) is 15.9. The fourth-order valence-corrected chi connectivity index (χ4v) is 3.89. The van der Waals surface area contributed by atoms with Gasteiger partial charge in [-0.05, 0) is 44.4 Å². The molecule has 30 heavy (non-hydrogen) atoms. The lowest BCUT2D eigenvalue weighted by Crippen LogP contribution is -2.38. The minimum atomic E-state index is -0.432. The van der Waals surface area contributed by atoms with Gasteiger partial charge in [0.25, 0.3) is 0 Å². The van der Waals surface area contributed by atoms with Crippen molar-refractivity contribution < 1.29 is 14.4 Å². The Bertz CT molecular complexity index is 943. The summed E-state index contributed by atoms with van der Waals surface area (Å²) in [6.07, 6.45) is 0.176. The van der Waals surface area contributed by atoms with Crippen LogP contribution in [0.2, 0.25) is 0 Å².